The Morgan fingerprint density at radius 3 is 2.81 bits per heavy atom. The van der Waals surface area contributed by atoms with Gasteiger partial charge < -0.3 is 34.8 Å². The quantitative estimate of drug-likeness (QED) is 0.172. The Morgan fingerprint density at radius 2 is 2.02 bits per heavy atom. The highest BCUT2D eigenvalue weighted by atomic mass is 32.1. The molecule has 6 heterocycles. The van der Waals surface area contributed by atoms with Crippen molar-refractivity contribution in [3.8, 4) is 0 Å². The Hall–Kier alpha value is -4.06. The number of anilines is 3. The summed E-state index contributed by atoms with van der Waals surface area (Å²) >= 11 is 1.60. The van der Waals surface area contributed by atoms with Gasteiger partial charge in [0.05, 0.1) is 42.3 Å². The average Bonchev–Trinajstić information content (AvgIpc) is 3.69. The van der Waals surface area contributed by atoms with E-state index in [0.29, 0.717) is 49.1 Å². The molecule has 4 atom stereocenters. The monoisotopic (exact) mass is 592 g/mol. The van der Waals surface area contributed by atoms with Crippen molar-refractivity contribution in [1.29, 1.82) is 0 Å². The SMILES string of the molecule is O=c1nc(Nc2nc(N3CCNC(O)C3)nc3c2ncn3Cc2nc3ccccc3s2)ccn1C1C[C@H](O)[C@@H](CO)O1. The van der Waals surface area contributed by atoms with Crippen LogP contribution in [-0.2, 0) is 11.3 Å². The molecule has 0 amide bonds. The maximum atomic E-state index is 12.9. The summed E-state index contributed by atoms with van der Waals surface area (Å²) in [6.07, 6.45) is 0.273. The van der Waals surface area contributed by atoms with Crippen LogP contribution in [0.2, 0.25) is 0 Å². The van der Waals surface area contributed by atoms with Gasteiger partial charge in [-0.25, -0.2) is 14.8 Å². The van der Waals surface area contributed by atoms with Gasteiger partial charge in [0.2, 0.25) is 5.95 Å². The smallest absolute Gasteiger partial charge is 0.351 e. The third-order valence-corrected chi connectivity index (χ3v) is 8.33. The first-order valence-corrected chi connectivity index (χ1v) is 14.3. The summed E-state index contributed by atoms with van der Waals surface area (Å²) in [6.45, 7) is 1.55. The highest BCUT2D eigenvalue weighted by Gasteiger charge is 2.35. The molecule has 2 unspecified atom stereocenters. The van der Waals surface area contributed by atoms with Crippen LogP contribution in [0, 0.1) is 0 Å². The Labute approximate surface area is 242 Å². The molecule has 2 aliphatic heterocycles. The minimum Gasteiger partial charge on any atom is -0.394 e. The number of aliphatic hydroxyl groups is 3. The van der Waals surface area contributed by atoms with Gasteiger partial charge >= 0.3 is 5.69 Å². The number of imidazole rings is 1. The molecule has 0 saturated carbocycles. The van der Waals surface area contributed by atoms with Crippen LogP contribution in [0.15, 0.2) is 47.7 Å². The molecular weight excluding hydrogens is 564 g/mol. The first-order chi connectivity index (χ1) is 20.4. The van der Waals surface area contributed by atoms with Crippen LogP contribution in [0.4, 0.5) is 17.6 Å². The van der Waals surface area contributed by atoms with E-state index in [-0.39, 0.29) is 18.8 Å². The lowest BCUT2D eigenvalue weighted by atomic mass is 10.2. The molecule has 5 aromatic rings. The molecule has 2 aliphatic rings. The van der Waals surface area contributed by atoms with E-state index in [1.807, 2.05) is 33.7 Å². The summed E-state index contributed by atoms with van der Waals surface area (Å²) in [5.74, 6) is 0.984. The number of hydrogen-bond donors (Lipinski definition) is 5. The van der Waals surface area contributed by atoms with Crippen molar-refractivity contribution in [2.75, 3.05) is 36.5 Å². The number of fused-ring (bicyclic) bond motifs is 2. The molecule has 0 spiro atoms. The number of aromatic nitrogens is 7. The van der Waals surface area contributed by atoms with Crippen LogP contribution in [0.1, 0.15) is 17.7 Å². The summed E-state index contributed by atoms with van der Waals surface area (Å²) in [6, 6.07) is 9.56. The number of hydrogen-bond acceptors (Lipinski definition) is 14. The number of thiazole rings is 1. The molecule has 15 nitrogen and oxygen atoms in total. The van der Waals surface area contributed by atoms with E-state index in [9.17, 15) is 20.1 Å². The van der Waals surface area contributed by atoms with Crippen molar-refractivity contribution in [2.24, 2.45) is 0 Å². The van der Waals surface area contributed by atoms with Crippen molar-refractivity contribution < 1.29 is 20.1 Å². The van der Waals surface area contributed by atoms with Crippen LogP contribution >= 0.6 is 11.3 Å². The van der Waals surface area contributed by atoms with Gasteiger partial charge in [0, 0.05) is 25.7 Å². The maximum Gasteiger partial charge on any atom is 0.351 e. The third-order valence-electron chi connectivity index (χ3n) is 7.30. The van der Waals surface area contributed by atoms with E-state index in [2.05, 4.69) is 20.6 Å². The molecule has 5 N–H and O–H groups in total. The fourth-order valence-electron chi connectivity index (χ4n) is 5.20. The second kappa shape index (κ2) is 11.0. The first kappa shape index (κ1) is 26.8. The Balaban J connectivity index is 1.23. The molecule has 1 aromatic carbocycles. The van der Waals surface area contributed by atoms with Crippen LogP contribution in [0.3, 0.4) is 0 Å². The number of nitrogens with zero attached hydrogens (tertiary/aromatic N) is 8. The topological polar surface area (TPSA) is 189 Å². The summed E-state index contributed by atoms with van der Waals surface area (Å²) in [7, 11) is 0. The molecule has 2 saturated heterocycles. The fourth-order valence-corrected chi connectivity index (χ4v) is 6.16. The van der Waals surface area contributed by atoms with Crippen LogP contribution in [-0.4, -0.2) is 94.1 Å². The van der Waals surface area contributed by atoms with Crippen LogP contribution in [0.5, 0.6) is 0 Å². The predicted octanol–water partition coefficient (Wildman–Crippen LogP) is 0.153. The minimum absolute atomic E-state index is 0.165. The fraction of sp³-hybridized carbons (Fsp3) is 0.385. The molecule has 7 rings (SSSR count). The van der Waals surface area contributed by atoms with Crippen molar-refractivity contribution >= 4 is 50.3 Å². The van der Waals surface area contributed by atoms with Gasteiger partial charge in [-0.2, -0.15) is 15.0 Å². The van der Waals surface area contributed by atoms with E-state index < -0.39 is 30.4 Å². The molecule has 218 valence electrons. The minimum atomic E-state index is -0.876. The van der Waals surface area contributed by atoms with Gasteiger partial charge in [0.15, 0.2) is 17.0 Å². The number of ether oxygens (including phenoxy) is 1. The second-order valence-electron chi connectivity index (χ2n) is 10.2. The molecule has 42 heavy (non-hydrogen) atoms. The standard InChI is InChI=1S/C26H28N10O5S/c37-12-16-15(38)9-21(41-16)36-7-5-18(31-26(36)40)30-23-22-24(33-25(32-23)34-8-6-27-19(39)10-34)35(13-28-22)11-20-29-14-3-1-2-4-17(14)42-20/h1-5,7,13,15-16,19,21,27,37-39H,6,8-12H2,(H,30,31,32,33,40)/t15-,16+,19?,21?/m0/s1. The lowest BCUT2D eigenvalue weighted by molar-refractivity contribution is -0.0458. The summed E-state index contributed by atoms with van der Waals surface area (Å²) in [5, 5.41) is 36.7. The largest absolute Gasteiger partial charge is 0.394 e. The van der Waals surface area contributed by atoms with Gasteiger partial charge in [-0.3, -0.25) is 9.88 Å². The Bertz CT molecular complexity index is 1770. The zero-order chi connectivity index (χ0) is 28.8. The first-order valence-electron chi connectivity index (χ1n) is 13.5. The zero-order valence-corrected chi connectivity index (χ0v) is 23.1. The van der Waals surface area contributed by atoms with Crippen LogP contribution in [0.25, 0.3) is 21.4 Å². The van der Waals surface area contributed by atoms with Crippen LogP contribution < -0.4 is 21.2 Å². The molecule has 2 fully saturated rings. The summed E-state index contributed by atoms with van der Waals surface area (Å²) < 4.78 is 9.87. The predicted molar refractivity (Wildman–Crippen MR) is 154 cm³/mol. The maximum absolute atomic E-state index is 12.9. The van der Waals surface area contributed by atoms with Gasteiger partial charge in [-0.05, 0) is 18.2 Å². The van der Waals surface area contributed by atoms with Gasteiger partial charge in [-0.15, -0.1) is 11.3 Å². The summed E-state index contributed by atoms with van der Waals surface area (Å²) in [4.78, 5) is 37.8. The van der Waals surface area contributed by atoms with Crippen molar-refractivity contribution in [3.05, 3.63) is 58.3 Å². The third kappa shape index (κ3) is 5.08. The van der Waals surface area contributed by atoms with Crippen molar-refractivity contribution in [1.82, 2.24) is 39.4 Å². The van der Waals surface area contributed by atoms with Gasteiger partial charge in [0.25, 0.3) is 0 Å². The molecule has 16 heteroatoms. The highest BCUT2D eigenvalue weighted by molar-refractivity contribution is 7.18. The van der Waals surface area contributed by atoms with Gasteiger partial charge in [-0.1, -0.05) is 12.1 Å². The van der Waals surface area contributed by atoms with E-state index in [0.717, 1.165) is 15.2 Å². The Morgan fingerprint density at radius 1 is 1.14 bits per heavy atom. The number of nitrogens with one attached hydrogen (secondary N) is 2. The van der Waals surface area contributed by atoms with E-state index in [4.69, 9.17) is 19.7 Å². The number of β-amino-alcohol motifs (C(OH)–C–C–N with tert-alkyl or cyclic N) is 1. The second-order valence-corrected chi connectivity index (χ2v) is 11.3. The summed E-state index contributed by atoms with van der Waals surface area (Å²) in [5.41, 5.74) is 1.38. The molecule has 4 aromatic heterocycles. The average molecular weight is 593 g/mol. The lowest BCUT2D eigenvalue weighted by Gasteiger charge is -2.31. The van der Waals surface area contributed by atoms with E-state index in [1.165, 1.54) is 10.8 Å². The lowest BCUT2D eigenvalue weighted by Crippen LogP contribution is -2.51. The number of para-hydroxylation sites is 1. The molecule has 0 bridgehead atoms. The van der Waals surface area contributed by atoms with Crippen molar-refractivity contribution in [3.63, 3.8) is 0 Å². The number of rotatable bonds is 7. The molecule has 0 radical (unpaired) electrons. The number of piperazine rings is 1. The van der Waals surface area contributed by atoms with E-state index in [1.54, 1.807) is 23.7 Å². The number of aliphatic hydroxyl groups excluding tert-OH is 3. The zero-order valence-electron chi connectivity index (χ0n) is 22.2. The molecule has 0 aliphatic carbocycles. The Kier molecular flexibility index (Phi) is 7.01. The van der Waals surface area contributed by atoms with Gasteiger partial charge in [0.1, 0.15) is 29.4 Å². The number of benzene rings is 1. The normalized spacial score (nSPS) is 22.8. The van der Waals surface area contributed by atoms with Crippen molar-refractivity contribution in [2.45, 2.75) is 37.6 Å². The van der Waals surface area contributed by atoms with E-state index >= 15 is 0 Å². The molecular formula is C26H28N10O5S. The highest BCUT2D eigenvalue weighted by Crippen LogP contribution is 2.29.